The minimum atomic E-state index is -0.511. The van der Waals surface area contributed by atoms with Crippen LogP contribution < -0.4 is 10.1 Å². The molecule has 0 aliphatic carbocycles. The molecule has 0 aromatic heterocycles. The number of carbonyl (C=O) groups is 2. The Kier molecular flexibility index (Phi) is 6.61. The van der Waals surface area contributed by atoms with Crippen LogP contribution in [0.25, 0.3) is 0 Å². The van der Waals surface area contributed by atoms with Crippen LogP contribution in [-0.2, 0) is 14.9 Å². The predicted molar refractivity (Wildman–Crippen MR) is 105 cm³/mol. The van der Waals surface area contributed by atoms with Crippen molar-refractivity contribution in [2.24, 2.45) is 0 Å². The fourth-order valence-corrected chi connectivity index (χ4v) is 2.58. The minimum absolute atomic E-state index is 0.0138. The molecular weight excluding hydrogens is 342 g/mol. The van der Waals surface area contributed by atoms with Crippen LogP contribution in [0.1, 0.15) is 55.2 Å². The molecule has 0 bridgehead atoms. The molecule has 1 unspecified atom stereocenters. The Morgan fingerprint density at radius 2 is 1.59 bits per heavy atom. The van der Waals surface area contributed by atoms with E-state index in [0.717, 1.165) is 16.9 Å². The quantitative estimate of drug-likeness (QED) is 0.781. The molecule has 0 saturated carbocycles. The zero-order valence-electron chi connectivity index (χ0n) is 16.5. The largest absolute Gasteiger partial charge is 0.497 e. The van der Waals surface area contributed by atoms with Crippen molar-refractivity contribution < 1.29 is 19.1 Å². The molecule has 0 radical (unpaired) electrons. The van der Waals surface area contributed by atoms with Crippen molar-refractivity contribution in [3.05, 3.63) is 65.2 Å². The second kappa shape index (κ2) is 8.71. The highest BCUT2D eigenvalue weighted by molar-refractivity contribution is 5.91. The first kappa shape index (κ1) is 20.5. The summed E-state index contributed by atoms with van der Waals surface area (Å²) in [5.74, 6) is -0.107. The molecule has 1 atom stereocenters. The van der Waals surface area contributed by atoms with Crippen LogP contribution in [0.4, 0.5) is 0 Å². The Bertz CT molecular complexity index is 773. The number of methoxy groups -OCH3 is 1. The van der Waals surface area contributed by atoms with Crippen molar-refractivity contribution in [3.8, 4) is 5.75 Å². The first-order chi connectivity index (χ1) is 12.7. The molecule has 2 rings (SSSR count). The van der Waals surface area contributed by atoms with Crippen LogP contribution in [-0.4, -0.2) is 25.6 Å². The lowest BCUT2D eigenvalue weighted by Crippen LogP contribution is -2.31. The fourth-order valence-electron chi connectivity index (χ4n) is 2.58. The summed E-state index contributed by atoms with van der Waals surface area (Å²) in [6.07, 6.45) is 0. The van der Waals surface area contributed by atoms with Gasteiger partial charge in [-0.05, 0) is 47.7 Å². The second-order valence-corrected chi connectivity index (χ2v) is 7.47. The van der Waals surface area contributed by atoms with Crippen molar-refractivity contribution in [3.63, 3.8) is 0 Å². The molecular formula is C22H27NO4. The van der Waals surface area contributed by atoms with Crippen molar-refractivity contribution in [2.45, 2.75) is 39.2 Å². The zero-order chi connectivity index (χ0) is 20.0. The average molecular weight is 369 g/mol. The van der Waals surface area contributed by atoms with Gasteiger partial charge in [0.2, 0.25) is 0 Å². The van der Waals surface area contributed by atoms with Gasteiger partial charge < -0.3 is 14.8 Å². The topological polar surface area (TPSA) is 64.6 Å². The highest BCUT2D eigenvalue weighted by atomic mass is 16.5. The van der Waals surface area contributed by atoms with E-state index in [4.69, 9.17) is 9.47 Å². The average Bonchev–Trinajstić information content (AvgIpc) is 2.65. The van der Waals surface area contributed by atoms with Crippen LogP contribution in [0.2, 0.25) is 0 Å². The summed E-state index contributed by atoms with van der Waals surface area (Å²) >= 11 is 0. The third-order valence-corrected chi connectivity index (χ3v) is 4.31. The molecule has 27 heavy (non-hydrogen) atoms. The third kappa shape index (κ3) is 5.84. The summed E-state index contributed by atoms with van der Waals surface area (Å²) in [6.45, 7) is 7.87. The maximum Gasteiger partial charge on any atom is 0.338 e. The number of hydrogen-bond donors (Lipinski definition) is 1. The van der Waals surface area contributed by atoms with E-state index in [2.05, 4.69) is 26.1 Å². The highest BCUT2D eigenvalue weighted by Gasteiger charge is 2.16. The van der Waals surface area contributed by atoms with Gasteiger partial charge in [-0.15, -0.1) is 0 Å². The normalized spacial score (nSPS) is 12.2. The van der Waals surface area contributed by atoms with Gasteiger partial charge in [0, 0.05) is 0 Å². The Balaban J connectivity index is 1.86. The van der Waals surface area contributed by atoms with Gasteiger partial charge in [-0.2, -0.15) is 0 Å². The van der Waals surface area contributed by atoms with E-state index in [0.29, 0.717) is 5.56 Å². The van der Waals surface area contributed by atoms with E-state index >= 15 is 0 Å². The van der Waals surface area contributed by atoms with Crippen molar-refractivity contribution in [1.29, 1.82) is 0 Å². The standard InChI is InChI=1S/C22H27NO4/c1-15(16-8-12-19(26-5)13-9-16)23-20(24)14-27-21(25)17-6-10-18(11-7-17)22(2,3)4/h6-13,15H,14H2,1-5H3,(H,23,24). The first-order valence-corrected chi connectivity index (χ1v) is 8.91. The molecule has 5 nitrogen and oxygen atoms in total. The van der Waals surface area contributed by atoms with Gasteiger partial charge in [0.05, 0.1) is 18.7 Å². The number of amides is 1. The van der Waals surface area contributed by atoms with E-state index in [1.807, 2.05) is 43.3 Å². The van der Waals surface area contributed by atoms with Crippen molar-refractivity contribution >= 4 is 11.9 Å². The number of nitrogens with one attached hydrogen (secondary N) is 1. The number of esters is 1. The Morgan fingerprint density at radius 1 is 1.00 bits per heavy atom. The summed E-state index contributed by atoms with van der Waals surface area (Å²) < 4.78 is 10.2. The molecule has 144 valence electrons. The molecule has 0 saturated heterocycles. The van der Waals surface area contributed by atoms with Gasteiger partial charge in [0.25, 0.3) is 5.91 Å². The zero-order valence-corrected chi connectivity index (χ0v) is 16.5. The molecule has 1 N–H and O–H groups in total. The molecule has 0 spiro atoms. The van der Waals surface area contributed by atoms with E-state index in [1.165, 1.54) is 0 Å². The molecule has 0 fully saturated rings. The lowest BCUT2D eigenvalue weighted by atomic mass is 9.87. The minimum Gasteiger partial charge on any atom is -0.497 e. The summed E-state index contributed by atoms with van der Waals surface area (Å²) in [6, 6.07) is 14.5. The SMILES string of the molecule is COc1ccc(C(C)NC(=O)COC(=O)c2ccc(C(C)(C)C)cc2)cc1. The van der Waals surface area contributed by atoms with Gasteiger partial charge in [0.1, 0.15) is 5.75 Å². The van der Waals surface area contributed by atoms with E-state index in [-0.39, 0.29) is 24.0 Å². The molecule has 0 aliphatic rings. The number of ether oxygens (including phenoxy) is 2. The Hall–Kier alpha value is -2.82. The number of hydrogen-bond acceptors (Lipinski definition) is 4. The number of benzene rings is 2. The third-order valence-electron chi connectivity index (χ3n) is 4.31. The molecule has 0 heterocycles. The van der Waals surface area contributed by atoms with Gasteiger partial charge in [-0.1, -0.05) is 45.0 Å². The van der Waals surface area contributed by atoms with Crippen LogP contribution in [0.5, 0.6) is 5.75 Å². The van der Waals surface area contributed by atoms with Crippen LogP contribution in [0.3, 0.4) is 0 Å². The summed E-state index contributed by atoms with van der Waals surface area (Å²) in [4.78, 5) is 24.2. The van der Waals surface area contributed by atoms with Gasteiger partial charge in [-0.25, -0.2) is 4.79 Å². The summed E-state index contributed by atoms with van der Waals surface area (Å²) in [7, 11) is 1.60. The van der Waals surface area contributed by atoms with E-state index < -0.39 is 5.97 Å². The van der Waals surface area contributed by atoms with Crippen LogP contribution in [0, 0.1) is 0 Å². The number of rotatable bonds is 6. The highest BCUT2D eigenvalue weighted by Crippen LogP contribution is 2.22. The van der Waals surface area contributed by atoms with Crippen LogP contribution in [0.15, 0.2) is 48.5 Å². The molecule has 2 aromatic rings. The van der Waals surface area contributed by atoms with E-state index in [1.54, 1.807) is 19.2 Å². The molecule has 0 aliphatic heterocycles. The summed E-state index contributed by atoms with van der Waals surface area (Å²) in [5.41, 5.74) is 2.51. The van der Waals surface area contributed by atoms with Crippen molar-refractivity contribution in [2.75, 3.05) is 13.7 Å². The van der Waals surface area contributed by atoms with Crippen molar-refractivity contribution in [1.82, 2.24) is 5.32 Å². The van der Waals surface area contributed by atoms with Gasteiger partial charge in [0.15, 0.2) is 6.61 Å². The van der Waals surface area contributed by atoms with Gasteiger partial charge >= 0.3 is 5.97 Å². The van der Waals surface area contributed by atoms with Crippen LogP contribution >= 0.6 is 0 Å². The monoisotopic (exact) mass is 369 g/mol. The molecule has 1 amide bonds. The second-order valence-electron chi connectivity index (χ2n) is 7.47. The lowest BCUT2D eigenvalue weighted by Gasteiger charge is -2.19. The maximum absolute atomic E-state index is 12.1. The predicted octanol–water partition coefficient (Wildman–Crippen LogP) is 4.03. The molecule has 5 heteroatoms. The first-order valence-electron chi connectivity index (χ1n) is 8.91. The Morgan fingerprint density at radius 3 is 2.11 bits per heavy atom. The maximum atomic E-state index is 12.1. The van der Waals surface area contributed by atoms with Gasteiger partial charge in [-0.3, -0.25) is 4.79 Å². The molecule has 2 aromatic carbocycles. The van der Waals surface area contributed by atoms with E-state index in [9.17, 15) is 9.59 Å². The smallest absolute Gasteiger partial charge is 0.338 e. The Labute approximate surface area is 160 Å². The summed E-state index contributed by atoms with van der Waals surface area (Å²) in [5, 5.41) is 2.81. The fraction of sp³-hybridized carbons (Fsp3) is 0.364. The number of carbonyl (C=O) groups excluding carboxylic acids is 2. The lowest BCUT2D eigenvalue weighted by molar-refractivity contribution is -0.124.